The van der Waals surface area contributed by atoms with Crippen molar-refractivity contribution in [3.05, 3.63) is 7.43 Å². The Balaban J connectivity index is -0.0000000233. The quantitative estimate of drug-likeness (QED) is 0.340. The van der Waals surface area contributed by atoms with Crippen LogP contribution in [0.2, 0.25) is 0 Å². The molecule has 0 aromatic carbocycles. The van der Waals surface area contributed by atoms with Crippen LogP contribution in [0, 0.1) is 19.3 Å². The molecule has 0 fully saturated rings. The van der Waals surface area contributed by atoms with Gasteiger partial charge in [-0.15, -0.1) is 17.6 Å². The molecule has 1 N–H and O–H groups in total. The summed E-state index contributed by atoms with van der Waals surface area (Å²) in [4.78, 5) is 21.9. The lowest BCUT2D eigenvalue weighted by Crippen LogP contribution is -2.36. The lowest BCUT2D eigenvalue weighted by atomic mass is 9.93. The lowest BCUT2D eigenvalue weighted by molar-refractivity contribution is -0.312. The summed E-state index contributed by atoms with van der Waals surface area (Å²) < 4.78 is 50.5. The number of carboxylic acid groups (broad SMARTS) is 1. The van der Waals surface area contributed by atoms with Gasteiger partial charge in [-0.3, -0.25) is 4.79 Å². The van der Waals surface area contributed by atoms with Crippen LogP contribution in [0.15, 0.2) is 0 Å². The summed E-state index contributed by atoms with van der Waals surface area (Å²) in [5.41, 5.74) is 0. The van der Waals surface area contributed by atoms with Gasteiger partial charge in [-0.25, -0.2) is 4.39 Å². The maximum atomic E-state index is 11.8. The molecular weight excluding hydrogens is 397 g/mol. The molecule has 29 heavy (non-hydrogen) atoms. The average Bonchev–Trinajstić information content (AvgIpc) is 2.29. The number of carbonyl (C=O) groups is 2. The molecule has 1 amide bonds. The zero-order valence-electron chi connectivity index (χ0n) is 12.1. The van der Waals surface area contributed by atoms with Crippen molar-refractivity contribution in [3.63, 3.8) is 0 Å². The Kier molecular flexibility index (Phi) is 91.1. The fourth-order valence-electron chi connectivity index (χ4n) is 1.31. The number of rotatable bonds is 7. The van der Waals surface area contributed by atoms with Crippen molar-refractivity contribution in [3.8, 4) is 0 Å². The lowest BCUT2D eigenvalue weighted by Gasteiger charge is -2.19. The molecular formula is C20H52F5NO3. The van der Waals surface area contributed by atoms with Crippen LogP contribution in [0.25, 0.3) is 0 Å². The predicted octanol–water partition coefficient (Wildman–Crippen LogP) is 6.89. The molecule has 0 aliphatic heterocycles. The third kappa shape index (κ3) is 58.4. The Labute approximate surface area is 179 Å². The molecule has 9 heteroatoms. The van der Waals surface area contributed by atoms with Crippen LogP contribution in [0.1, 0.15) is 86.1 Å². The van der Waals surface area contributed by atoms with Crippen LogP contribution in [0.3, 0.4) is 0 Å². The van der Waals surface area contributed by atoms with Crippen LogP contribution in [-0.4, -0.2) is 31.5 Å². The maximum absolute atomic E-state index is 11.8. The summed E-state index contributed by atoms with van der Waals surface area (Å²) in [5, 5.41) is 13.0. The fourth-order valence-corrected chi connectivity index (χ4v) is 1.31. The Morgan fingerprint density at radius 3 is 1.45 bits per heavy atom. The van der Waals surface area contributed by atoms with Crippen molar-refractivity contribution in [2.45, 2.75) is 92.5 Å². The summed E-state index contributed by atoms with van der Waals surface area (Å²) in [6.45, 7) is 2.72. The molecule has 0 aliphatic rings. The zero-order chi connectivity index (χ0) is 16.3. The highest BCUT2D eigenvalue weighted by Crippen LogP contribution is 2.15. The van der Waals surface area contributed by atoms with Gasteiger partial charge in [0.15, 0.2) is 0 Å². The number of alkyl halides is 5. The Morgan fingerprint density at radius 1 is 0.931 bits per heavy atom. The molecule has 0 saturated carbocycles. The summed E-state index contributed by atoms with van der Waals surface area (Å²) >= 11 is 0. The number of hydrogen-bond donors (Lipinski definition) is 1. The molecule has 0 aliphatic carbocycles. The van der Waals surface area contributed by atoms with Crippen molar-refractivity contribution >= 4 is 11.9 Å². The number of carboxylic acids is 1. The third-order valence-electron chi connectivity index (χ3n) is 2.31. The van der Waals surface area contributed by atoms with E-state index in [0.717, 1.165) is 0 Å². The number of carbonyl (C=O) groups excluding carboxylic acids is 2. The first-order valence-electron chi connectivity index (χ1n) is 5.83. The van der Waals surface area contributed by atoms with Crippen LogP contribution in [0.5, 0.6) is 0 Å². The number of halogens is 5. The molecule has 2 atom stereocenters. The van der Waals surface area contributed by atoms with E-state index < -0.39 is 30.9 Å². The summed E-state index contributed by atoms with van der Waals surface area (Å²) in [6.07, 6.45) is -4.83. The highest BCUT2D eigenvalue weighted by molar-refractivity contribution is 5.79. The van der Waals surface area contributed by atoms with Gasteiger partial charge in [0.2, 0.25) is 5.91 Å². The van der Waals surface area contributed by atoms with Crippen molar-refractivity contribution in [1.82, 2.24) is 5.32 Å². The van der Waals surface area contributed by atoms with Gasteiger partial charge in [-0.05, 0) is 18.8 Å². The van der Waals surface area contributed by atoms with E-state index in [1.807, 2.05) is 0 Å². The second kappa shape index (κ2) is 37.2. The molecule has 2 unspecified atom stereocenters. The highest BCUT2D eigenvalue weighted by atomic mass is 19.5. The van der Waals surface area contributed by atoms with Gasteiger partial charge in [0.25, 0.3) is 0 Å². The van der Waals surface area contributed by atoms with E-state index in [1.165, 1.54) is 0 Å². The predicted molar refractivity (Wildman–Crippen MR) is 119 cm³/mol. The van der Waals surface area contributed by atoms with E-state index in [1.54, 1.807) is 13.8 Å². The van der Waals surface area contributed by atoms with Crippen LogP contribution < -0.4 is 10.4 Å². The first-order chi connectivity index (χ1) is 9.02. The molecule has 0 radical (unpaired) electrons. The Hall–Kier alpha value is -1.54. The standard InChI is InChI=1S/C10H18FNO3.CF4.8CH4.CH3/c1-3-8(10(14)15)6-7(2)9(13)12-5-4-11;2-1(3,4)5;;;;;;;;;/h7-8H,3-6H2,1-2H3,(H,12,13)(H,14,15);;8*1H4;1H3/q;;;;;;;;;;+1/p-1. The molecule has 0 saturated heterocycles. The van der Waals surface area contributed by atoms with Crippen molar-refractivity contribution < 1.29 is 36.6 Å². The van der Waals surface area contributed by atoms with Gasteiger partial charge >= 0.3 is 6.43 Å². The maximum Gasteiger partial charge on any atom is 0.559 e. The largest absolute Gasteiger partial charge is 0.559 e. The second-order valence-corrected chi connectivity index (χ2v) is 3.97. The monoisotopic (exact) mass is 449 g/mol. The minimum Gasteiger partial charge on any atom is -0.550 e. The van der Waals surface area contributed by atoms with Crippen molar-refractivity contribution in [1.29, 1.82) is 0 Å². The van der Waals surface area contributed by atoms with Gasteiger partial charge in [-0.1, -0.05) is 73.3 Å². The van der Waals surface area contributed by atoms with Gasteiger partial charge in [0.05, 0.1) is 0 Å². The summed E-state index contributed by atoms with van der Waals surface area (Å²) in [6, 6.07) is 0. The van der Waals surface area contributed by atoms with Gasteiger partial charge in [-0.2, -0.15) is 0 Å². The smallest absolute Gasteiger partial charge is 0.550 e. The van der Waals surface area contributed by atoms with E-state index >= 15 is 0 Å². The third-order valence-corrected chi connectivity index (χ3v) is 2.31. The first-order valence-corrected chi connectivity index (χ1v) is 5.83. The van der Waals surface area contributed by atoms with Gasteiger partial charge < -0.3 is 15.2 Å². The van der Waals surface area contributed by atoms with Gasteiger partial charge in [0.1, 0.15) is 6.67 Å². The van der Waals surface area contributed by atoms with Crippen LogP contribution >= 0.6 is 0 Å². The minimum absolute atomic E-state index is 0. The SMILES string of the molecule is C.C.C.C.C.C.C.C.CCC(CC(C)C(=O)NCCF)C(=O)[O-].FC(F)(F)F.[CH3+]. The number of aliphatic carboxylic acids is 1. The summed E-state index contributed by atoms with van der Waals surface area (Å²) in [7, 11) is 0. The molecule has 0 aromatic rings. The number of hydrogen-bond acceptors (Lipinski definition) is 3. The molecule has 0 spiro atoms. The van der Waals surface area contributed by atoms with Crippen molar-refractivity contribution in [2.75, 3.05) is 13.2 Å². The van der Waals surface area contributed by atoms with E-state index in [9.17, 15) is 36.6 Å². The second-order valence-electron chi connectivity index (χ2n) is 3.97. The topological polar surface area (TPSA) is 69.2 Å². The Morgan fingerprint density at radius 2 is 1.24 bits per heavy atom. The van der Waals surface area contributed by atoms with Crippen LogP contribution in [-0.2, 0) is 9.59 Å². The molecule has 0 aromatic heterocycles. The average molecular weight is 450 g/mol. The molecule has 0 heterocycles. The van der Waals surface area contributed by atoms with E-state index in [2.05, 4.69) is 5.32 Å². The minimum atomic E-state index is -5.50. The number of nitrogens with one attached hydrogen (secondary N) is 1. The Bertz CT molecular complexity index is 296. The fraction of sp³-hybridized carbons (Fsp3) is 0.850. The van der Waals surface area contributed by atoms with E-state index in [0.29, 0.717) is 6.42 Å². The molecule has 190 valence electrons. The van der Waals surface area contributed by atoms with Gasteiger partial charge in [0, 0.05) is 25.9 Å². The van der Waals surface area contributed by atoms with Crippen molar-refractivity contribution in [2.24, 2.45) is 11.8 Å². The number of amides is 1. The zero-order valence-corrected chi connectivity index (χ0v) is 12.1. The molecule has 4 nitrogen and oxygen atoms in total. The molecule has 0 rings (SSSR count). The van der Waals surface area contributed by atoms with Crippen LogP contribution in [0.4, 0.5) is 22.0 Å². The normalized spacial score (nSPS) is 9.48. The highest BCUT2D eigenvalue weighted by Gasteiger charge is 2.24. The summed E-state index contributed by atoms with van der Waals surface area (Å²) in [5.74, 6) is -2.49. The first kappa shape index (κ1) is 71.0. The molecule has 0 bridgehead atoms. The van der Waals surface area contributed by atoms with E-state index in [4.69, 9.17) is 0 Å². The van der Waals surface area contributed by atoms with E-state index in [-0.39, 0.29) is 85.7 Å².